The third-order valence-electron chi connectivity index (χ3n) is 3.01. The summed E-state index contributed by atoms with van der Waals surface area (Å²) in [5, 5.41) is 0. The molecular weight excluding hydrogens is 302 g/mol. The average Bonchev–Trinajstić information content (AvgIpc) is 2.43. The van der Waals surface area contributed by atoms with Gasteiger partial charge in [-0.15, -0.1) is 0 Å². The number of benzene rings is 2. The molecule has 0 saturated heterocycles. The molecule has 19 heavy (non-hydrogen) atoms. The monoisotopic (exact) mass is 319 g/mol. The number of halogens is 1. The molecule has 0 fully saturated rings. The molecule has 0 saturated carbocycles. The van der Waals surface area contributed by atoms with E-state index in [0.717, 1.165) is 22.2 Å². The summed E-state index contributed by atoms with van der Waals surface area (Å²) < 4.78 is 7.11. The van der Waals surface area contributed by atoms with Crippen LogP contribution in [0.5, 0.6) is 5.75 Å². The smallest absolute Gasteiger partial charge is 0.123 e. The van der Waals surface area contributed by atoms with Crippen LogP contribution >= 0.6 is 15.9 Å². The molecule has 0 aromatic heterocycles. The van der Waals surface area contributed by atoms with E-state index in [1.54, 1.807) is 0 Å². The quantitative estimate of drug-likeness (QED) is 0.900. The SMILES string of the molecule is CC(Oc1ccc(Br)cc1CCN)c1ccccc1. The molecule has 0 aliphatic carbocycles. The van der Waals surface area contributed by atoms with Crippen LogP contribution in [-0.2, 0) is 6.42 Å². The Morgan fingerprint density at radius 2 is 1.89 bits per heavy atom. The highest BCUT2D eigenvalue weighted by Crippen LogP contribution is 2.28. The van der Waals surface area contributed by atoms with Gasteiger partial charge in [-0.2, -0.15) is 0 Å². The van der Waals surface area contributed by atoms with Crippen molar-refractivity contribution in [2.45, 2.75) is 19.4 Å². The maximum absolute atomic E-state index is 6.06. The lowest BCUT2D eigenvalue weighted by atomic mass is 10.1. The molecule has 2 nitrogen and oxygen atoms in total. The van der Waals surface area contributed by atoms with E-state index in [-0.39, 0.29) is 6.10 Å². The molecule has 2 aromatic carbocycles. The lowest BCUT2D eigenvalue weighted by Crippen LogP contribution is -2.08. The van der Waals surface area contributed by atoms with Gasteiger partial charge in [0.25, 0.3) is 0 Å². The molecule has 0 spiro atoms. The Hall–Kier alpha value is -1.32. The van der Waals surface area contributed by atoms with Crippen LogP contribution in [0.2, 0.25) is 0 Å². The summed E-state index contributed by atoms with van der Waals surface area (Å²) in [7, 11) is 0. The Morgan fingerprint density at radius 1 is 1.16 bits per heavy atom. The van der Waals surface area contributed by atoms with E-state index < -0.39 is 0 Å². The van der Waals surface area contributed by atoms with Crippen molar-refractivity contribution < 1.29 is 4.74 Å². The molecule has 0 aliphatic heterocycles. The van der Waals surface area contributed by atoms with Crippen molar-refractivity contribution in [2.24, 2.45) is 5.73 Å². The van der Waals surface area contributed by atoms with Crippen LogP contribution in [0, 0.1) is 0 Å². The molecule has 0 radical (unpaired) electrons. The van der Waals surface area contributed by atoms with Crippen LogP contribution in [0.1, 0.15) is 24.2 Å². The summed E-state index contributed by atoms with van der Waals surface area (Å²) >= 11 is 3.48. The van der Waals surface area contributed by atoms with Crippen LogP contribution in [0.3, 0.4) is 0 Å². The van der Waals surface area contributed by atoms with Crippen LogP contribution in [0.25, 0.3) is 0 Å². The number of nitrogens with two attached hydrogens (primary N) is 1. The van der Waals surface area contributed by atoms with Crippen LogP contribution in [0.4, 0.5) is 0 Å². The summed E-state index contributed by atoms with van der Waals surface area (Å²) in [6, 6.07) is 16.3. The van der Waals surface area contributed by atoms with Crippen LogP contribution in [-0.4, -0.2) is 6.54 Å². The largest absolute Gasteiger partial charge is 0.486 e. The van der Waals surface area contributed by atoms with Gasteiger partial charge >= 0.3 is 0 Å². The molecule has 3 heteroatoms. The van der Waals surface area contributed by atoms with Gasteiger partial charge in [-0.1, -0.05) is 46.3 Å². The molecule has 2 N–H and O–H groups in total. The zero-order chi connectivity index (χ0) is 13.7. The molecule has 2 aromatic rings. The van der Waals surface area contributed by atoms with Crippen molar-refractivity contribution in [3.8, 4) is 5.75 Å². The molecule has 0 bridgehead atoms. The zero-order valence-corrected chi connectivity index (χ0v) is 12.6. The summed E-state index contributed by atoms with van der Waals surface area (Å²) in [5.74, 6) is 0.907. The van der Waals surface area contributed by atoms with E-state index in [4.69, 9.17) is 10.5 Å². The van der Waals surface area contributed by atoms with Gasteiger partial charge in [0.1, 0.15) is 11.9 Å². The van der Waals surface area contributed by atoms with Gasteiger partial charge in [0.2, 0.25) is 0 Å². The summed E-state index contributed by atoms with van der Waals surface area (Å²) in [4.78, 5) is 0. The van der Waals surface area contributed by atoms with E-state index in [1.165, 1.54) is 5.56 Å². The molecule has 100 valence electrons. The van der Waals surface area contributed by atoms with Crippen molar-refractivity contribution in [3.05, 3.63) is 64.1 Å². The minimum absolute atomic E-state index is 0.0268. The molecule has 0 heterocycles. The first-order valence-electron chi connectivity index (χ1n) is 6.41. The lowest BCUT2D eigenvalue weighted by molar-refractivity contribution is 0.224. The van der Waals surface area contributed by atoms with E-state index in [2.05, 4.69) is 41.1 Å². The normalized spacial score (nSPS) is 12.2. The van der Waals surface area contributed by atoms with Gasteiger partial charge in [0.05, 0.1) is 0 Å². The maximum atomic E-state index is 6.06. The highest BCUT2D eigenvalue weighted by molar-refractivity contribution is 9.10. The van der Waals surface area contributed by atoms with Crippen LogP contribution in [0.15, 0.2) is 53.0 Å². The minimum Gasteiger partial charge on any atom is -0.486 e. The topological polar surface area (TPSA) is 35.2 Å². The van der Waals surface area contributed by atoms with E-state index in [9.17, 15) is 0 Å². The molecular formula is C16H18BrNO. The van der Waals surface area contributed by atoms with Crippen molar-refractivity contribution in [1.82, 2.24) is 0 Å². The van der Waals surface area contributed by atoms with Gasteiger partial charge in [0, 0.05) is 4.47 Å². The fourth-order valence-corrected chi connectivity index (χ4v) is 2.40. The Bertz CT molecular complexity index is 528. The number of rotatable bonds is 5. The summed E-state index contributed by atoms with van der Waals surface area (Å²) in [5.41, 5.74) is 7.96. The standard InChI is InChI=1S/C16H18BrNO/c1-12(13-5-3-2-4-6-13)19-16-8-7-15(17)11-14(16)9-10-18/h2-8,11-12H,9-10,18H2,1H3. The van der Waals surface area contributed by atoms with Gasteiger partial charge in [-0.3, -0.25) is 0 Å². The van der Waals surface area contributed by atoms with Gasteiger partial charge in [-0.25, -0.2) is 0 Å². The Morgan fingerprint density at radius 3 is 2.58 bits per heavy atom. The fourth-order valence-electron chi connectivity index (χ4n) is 2.00. The van der Waals surface area contributed by atoms with E-state index in [1.807, 2.05) is 30.3 Å². The van der Waals surface area contributed by atoms with Gasteiger partial charge in [0.15, 0.2) is 0 Å². The van der Waals surface area contributed by atoms with Crippen molar-refractivity contribution in [2.75, 3.05) is 6.54 Å². The maximum Gasteiger partial charge on any atom is 0.123 e. The first-order valence-corrected chi connectivity index (χ1v) is 7.20. The minimum atomic E-state index is 0.0268. The zero-order valence-electron chi connectivity index (χ0n) is 11.0. The first-order chi connectivity index (χ1) is 9.20. The molecule has 0 amide bonds. The predicted molar refractivity (Wildman–Crippen MR) is 82.4 cm³/mol. The van der Waals surface area contributed by atoms with Gasteiger partial charge in [-0.05, 0) is 49.2 Å². The Kier molecular flexibility index (Phi) is 5.00. The number of ether oxygens (including phenoxy) is 1. The molecule has 0 aliphatic rings. The average molecular weight is 320 g/mol. The molecule has 1 unspecified atom stereocenters. The van der Waals surface area contributed by atoms with E-state index >= 15 is 0 Å². The van der Waals surface area contributed by atoms with Crippen molar-refractivity contribution in [3.63, 3.8) is 0 Å². The van der Waals surface area contributed by atoms with Crippen molar-refractivity contribution >= 4 is 15.9 Å². The highest BCUT2D eigenvalue weighted by atomic mass is 79.9. The summed E-state index contributed by atoms with van der Waals surface area (Å²) in [6.07, 6.45) is 0.843. The number of hydrogen-bond donors (Lipinski definition) is 1. The second-order valence-corrected chi connectivity index (χ2v) is 5.38. The molecule has 1 atom stereocenters. The molecule has 2 rings (SSSR count). The summed E-state index contributed by atoms with van der Waals surface area (Å²) in [6.45, 7) is 2.68. The Labute approximate surface area is 122 Å². The fraction of sp³-hybridized carbons (Fsp3) is 0.250. The third kappa shape index (κ3) is 3.82. The second kappa shape index (κ2) is 6.73. The number of hydrogen-bond acceptors (Lipinski definition) is 2. The predicted octanol–water partition coefficient (Wildman–Crippen LogP) is 4.09. The van der Waals surface area contributed by atoms with Crippen molar-refractivity contribution in [1.29, 1.82) is 0 Å². The third-order valence-corrected chi connectivity index (χ3v) is 3.50. The highest BCUT2D eigenvalue weighted by Gasteiger charge is 2.10. The van der Waals surface area contributed by atoms with E-state index in [0.29, 0.717) is 6.54 Å². The van der Waals surface area contributed by atoms with Crippen LogP contribution < -0.4 is 10.5 Å². The first kappa shape index (κ1) is 14.1. The van der Waals surface area contributed by atoms with Gasteiger partial charge < -0.3 is 10.5 Å². The Balaban J connectivity index is 2.18. The lowest BCUT2D eigenvalue weighted by Gasteiger charge is -2.18. The second-order valence-electron chi connectivity index (χ2n) is 4.46.